The predicted octanol–water partition coefficient (Wildman–Crippen LogP) is 14.3. The molecule has 10 aromatic carbocycles. The van der Waals surface area contributed by atoms with Crippen LogP contribution in [-0.4, -0.2) is 0 Å². The first-order chi connectivity index (χ1) is 25.3. The predicted molar refractivity (Wildman–Crippen MR) is 217 cm³/mol. The van der Waals surface area contributed by atoms with Crippen molar-refractivity contribution in [1.29, 1.82) is 0 Å². The minimum Gasteiger partial charge on any atom is -0.456 e. The molecule has 0 saturated heterocycles. The van der Waals surface area contributed by atoms with Crippen molar-refractivity contribution < 1.29 is 4.42 Å². The molecule has 0 spiro atoms. The Kier molecular flexibility index (Phi) is 6.02. The maximum Gasteiger partial charge on any atom is 0.136 e. The minimum absolute atomic E-state index is 0.934. The van der Waals surface area contributed by atoms with Crippen molar-refractivity contribution in [2.24, 2.45) is 0 Å². The van der Waals surface area contributed by atoms with Crippen molar-refractivity contribution in [2.45, 2.75) is 0 Å². The lowest BCUT2D eigenvalue weighted by atomic mass is 9.82. The fraction of sp³-hybridized carbons (Fsp3) is 0. The van der Waals surface area contributed by atoms with Crippen LogP contribution in [0.4, 0.5) is 0 Å². The molecule has 1 nitrogen and oxygen atoms in total. The summed E-state index contributed by atoms with van der Waals surface area (Å²) in [4.78, 5) is 0. The van der Waals surface area contributed by atoms with Gasteiger partial charge in [0, 0.05) is 10.8 Å². The fourth-order valence-electron chi connectivity index (χ4n) is 8.54. The summed E-state index contributed by atoms with van der Waals surface area (Å²) in [6.45, 7) is 0. The molecule has 11 aromatic rings. The van der Waals surface area contributed by atoms with Crippen molar-refractivity contribution in [3.63, 3.8) is 0 Å². The van der Waals surface area contributed by atoms with Gasteiger partial charge in [-0.05, 0) is 118 Å². The Morgan fingerprint density at radius 1 is 0.275 bits per heavy atom. The van der Waals surface area contributed by atoms with Crippen molar-refractivity contribution in [3.05, 3.63) is 182 Å². The van der Waals surface area contributed by atoms with E-state index in [1.165, 1.54) is 98.4 Å². The molecular formula is C50H30O. The molecule has 0 saturated carbocycles. The topological polar surface area (TPSA) is 13.1 Å². The summed E-state index contributed by atoms with van der Waals surface area (Å²) in [5.74, 6) is 0. The molecule has 0 aliphatic carbocycles. The number of furan rings is 1. The Labute approximate surface area is 295 Å². The van der Waals surface area contributed by atoms with Crippen molar-refractivity contribution in [1.82, 2.24) is 0 Å². The van der Waals surface area contributed by atoms with Crippen LogP contribution in [0.2, 0.25) is 0 Å². The van der Waals surface area contributed by atoms with Crippen LogP contribution in [0, 0.1) is 0 Å². The van der Waals surface area contributed by atoms with E-state index in [9.17, 15) is 0 Å². The third-order valence-corrected chi connectivity index (χ3v) is 10.8. The molecule has 0 radical (unpaired) electrons. The molecule has 0 aliphatic rings. The molecule has 0 bridgehead atoms. The second kappa shape index (κ2) is 10.9. The van der Waals surface area contributed by atoms with Gasteiger partial charge in [-0.1, -0.05) is 152 Å². The largest absolute Gasteiger partial charge is 0.456 e. The Balaban J connectivity index is 1.24. The molecular weight excluding hydrogens is 617 g/mol. The molecule has 0 unspecified atom stereocenters. The van der Waals surface area contributed by atoms with Gasteiger partial charge in [0.2, 0.25) is 0 Å². The van der Waals surface area contributed by atoms with Gasteiger partial charge in [0.25, 0.3) is 0 Å². The Bertz CT molecular complexity index is 3070. The van der Waals surface area contributed by atoms with Gasteiger partial charge in [-0.2, -0.15) is 0 Å². The van der Waals surface area contributed by atoms with Crippen LogP contribution in [0.15, 0.2) is 186 Å². The number of hydrogen-bond acceptors (Lipinski definition) is 1. The maximum absolute atomic E-state index is 6.38. The zero-order valence-electron chi connectivity index (χ0n) is 27.7. The third kappa shape index (κ3) is 4.22. The van der Waals surface area contributed by atoms with E-state index in [2.05, 4.69) is 182 Å². The lowest BCUT2D eigenvalue weighted by Crippen LogP contribution is -1.94. The monoisotopic (exact) mass is 646 g/mol. The summed E-state index contributed by atoms with van der Waals surface area (Å²) in [5.41, 5.74) is 11.7. The smallest absolute Gasteiger partial charge is 0.136 e. The van der Waals surface area contributed by atoms with Gasteiger partial charge >= 0.3 is 0 Å². The summed E-state index contributed by atoms with van der Waals surface area (Å²) >= 11 is 0. The van der Waals surface area contributed by atoms with Crippen molar-refractivity contribution in [3.8, 4) is 44.5 Å². The van der Waals surface area contributed by atoms with Gasteiger partial charge in [-0.3, -0.25) is 0 Å². The molecule has 236 valence electrons. The lowest BCUT2D eigenvalue weighted by molar-refractivity contribution is 0.669. The van der Waals surface area contributed by atoms with Crippen LogP contribution in [-0.2, 0) is 0 Å². The van der Waals surface area contributed by atoms with Gasteiger partial charge in [0.05, 0.1) is 0 Å². The highest BCUT2D eigenvalue weighted by molar-refractivity contribution is 6.29. The van der Waals surface area contributed by atoms with E-state index in [0.29, 0.717) is 0 Å². The molecule has 1 heterocycles. The summed E-state index contributed by atoms with van der Waals surface area (Å²) in [6, 6.07) is 66.5. The molecule has 0 atom stereocenters. The number of rotatable bonds is 4. The first-order valence-electron chi connectivity index (χ1n) is 17.6. The minimum atomic E-state index is 0.934. The van der Waals surface area contributed by atoms with Crippen LogP contribution < -0.4 is 0 Å². The summed E-state index contributed by atoms with van der Waals surface area (Å²) in [6.07, 6.45) is 0. The van der Waals surface area contributed by atoms with Gasteiger partial charge in [-0.15, -0.1) is 0 Å². The maximum atomic E-state index is 6.38. The Morgan fingerprint density at radius 3 is 1.61 bits per heavy atom. The average molecular weight is 647 g/mol. The highest BCUT2D eigenvalue weighted by atomic mass is 16.3. The molecule has 0 N–H and O–H groups in total. The van der Waals surface area contributed by atoms with E-state index in [1.807, 2.05) is 0 Å². The van der Waals surface area contributed by atoms with Crippen LogP contribution >= 0.6 is 0 Å². The molecule has 0 aliphatic heterocycles. The molecule has 1 aromatic heterocycles. The summed E-state index contributed by atoms with van der Waals surface area (Å²) in [5, 5.41) is 12.3. The first-order valence-corrected chi connectivity index (χ1v) is 17.6. The van der Waals surface area contributed by atoms with Crippen LogP contribution in [0.1, 0.15) is 0 Å². The quantitative estimate of drug-likeness (QED) is 0.137. The second-order valence-electron chi connectivity index (χ2n) is 13.6. The normalized spacial score (nSPS) is 11.9. The zero-order chi connectivity index (χ0) is 33.5. The molecule has 0 amide bonds. The van der Waals surface area contributed by atoms with Crippen LogP contribution in [0.25, 0.3) is 110 Å². The summed E-state index contributed by atoms with van der Waals surface area (Å²) in [7, 11) is 0. The average Bonchev–Trinajstić information content (AvgIpc) is 3.59. The van der Waals surface area contributed by atoms with Crippen LogP contribution in [0.3, 0.4) is 0 Å². The van der Waals surface area contributed by atoms with Gasteiger partial charge in [0.15, 0.2) is 0 Å². The zero-order valence-corrected chi connectivity index (χ0v) is 27.7. The van der Waals surface area contributed by atoms with E-state index in [0.717, 1.165) is 11.2 Å². The molecule has 0 fully saturated rings. The summed E-state index contributed by atoms with van der Waals surface area (Å²) < 4.78 is 6.38. The number of benzene rings is 10. The van der Waals surface area contributed by atoms with Gasteiger partial charge < -0.3 is 4.42 Å². The van der Waals surface area contributed by atoms with E-state index in [1.54, 1.807) is 0 Å². The first kappa shape index (κ1) is 28.2. The second-order valence-corrected chi connectivity index (χ2v) is 13.6. The Hall–Kier alpha value is -6.70. The molecule has 51 heavy (non-hydrogen) atoms. The van der Waals surface area contributed by atoms with E-state index < -0.39 is 0 Å². The van der Waals surface area contributed by atoms with E-state index >= 15 is 0 Å². The highest BCUT2D eigenvalue weighted by Gasteiger charge is 2.22. The van der Waals surface area contributed by atoms with Crippen molar-refractivity contribution >= 4 is 65.0 Å². The Morgan fingerprint density at radius 2 is 0.843 bits per heavy atom. The number of fused-ring (bicyclic) bond motifs is 3. The van der Waals surface area contributed by atoms with Gasteiger partial charge in [0.1, 0.15) is 11.2 Å². The molecule has 11 rings (SSSR count). The van der Waals surface area contributed by atoms with E-state index in [-0.39, 0.29) is 0 Å². The lowest BCUT2D eigenvalue weighted by Gasteiger charge is -2.21. The van der Waals surface area contributed by atoms with E-state index in [4.69, 9.17) is 4.42 Å². The highest BCUT2D eigenvalue weighted by Crippen LogP contribution is 2.49. The van der Waals surface area contributed by atoms with Crippen molar-refractivity contribution in [2.75, 3.05) is 0 Å². The fourth-order valence-corrected chi connectivity index (χ4v) is 8.54. The third-order valence-electron chi connectivity index (χ3n) is 10.8. The SMILES string of the molecule is c1ccc(-c2ccc(-c3ccc4ccccc4c3)cc2-c2c3ccccc3c(-c3ccc4oc5cccc6ccc3c4c65)c3ccccc23)cc1. The standard InChI is InChI=1S/C50H30O/c1-2-12-32(13-3-1)37-25-24-36(35-22-21-31-11-4-5-14-34(31)29-35)30-44(37)49-40-18-8-6-16-38(40)48(39-17-7-9-19-41(39)49)42-27-28-46-50-43(42)26-23-33-15-10-20-45(51-46)47(33)50/h1-30H. The van der Waals surface area contributed by atoms with Gasteiger partial charge in [-0.25, -0.2) is 0 Å². The molecule has 1 heteroatoms. The van der Waals surface area contributed by atoms with Crippen LogP contribution in [0.5, 0.6) is 0 Å². The number of hydrogen-bond donors (Lipinski definition) is 0.